The molecule has 0 aromatic heterocycles. The minimum absolute atomic E-state index is 0.0526. The summed E-state index contributed by atoms with van der Waals surface area (Å²) in [6.07, 6.45) is 6.20. The number of benzene rings is 1. The zero-order valence-electron chi connectivity index (χ0n) is 18.2. The molecule has 1 aromatic rings. The number of ether oxygens (including phenoxy) is 1. The third kappa shape index (κ3) is 6.04. The first-order chi connectivity index (χ1) is 15.1. The van der Waals surface area contributed by atoms with Crippen LogP contribution in [0.25, 0.3) is 0 Å². The van der Waals surface area contributed by atoms with Crippen molar-refractivity contribution in [1.29, 1.82) is 0 Å². The topological polar surface area (TPSA) is 61.9 Å². The molecule has 1 N–H and O–H groups in total. The highest BCUT2D eigenvalue weighted by atomic mass is 19.1. The Morgan fingerprint density at radius 2 is 1.87 bits per heavy atom. The zero-order valence-corrected chi connectivity index (χ0v) is 18.2. The summed E-state index contributed by atoms with van der Waals surface area (Å²) in [6, 6.07) is 7.14. The number of nitrogens with zero attached hydrogens (tertiary/aromatic N) is 2. The molecule has 2 aliphatic heterocycles. The van der Waals surface area contributed by atoms with Crippen LogP contribution in [-0.4, -0.2) is 73.1 Å². The van der Waals surface area contributed by atoms with Gasteiger partial charge in [0.2, 0.25) is 11.8 Å². The van der Waals surface area contributed by atoms with E-state index in [9.17, 15) is 14.0 Å². The van der Waals surface area contributed by atoms with Crippen molar-refractivity contribution in [2.24, 2.45) is 5.92 Å². The van der Waals surface area contributed by atoms with Crippen molar-refractivity contribution in [2.75, 3.05) is 39.4 Å². The number of amides is 2. The van der Waals surface area contributed by atoms with Crippen LogP contribution in [0, 0.1) is 11.7 Å². The number of carbonyl (C=O) groups is 2. The SMILES string of the molecule is O=C(Cc1ccccc1F)NCCN(C1CCOCC1)C1CCCN(C(=O)C2CC2)C1. The van der Waals surface area contributed by atoms with E-state index < -0.39 is 0 Å². The number of likely N-dealkylation sites (tertiary alicyclic amines) is 1. The first-order valence-electron chi connectivity index (χ1n) is 11.7. The predicted molar refractivity (Wildman–Crippen MR) is 116 cm³/mol. The second kappa shape index (κ2) is 10.6. The van der Waals surface area contributed by atoms with Crippen molar-refractivity contribution in [3.63, 3.8) is 0 Å². The van der Waals surface area contributed by atoms with E-state index in [2.05, 4.69) is 15.1 Å². The molecule has 1 unspecified atom stereocenters. The molecule has 2 saturated heterocycles. The van der Waals surface area contributed by atoms with Gasteiger partial charge in [0.15, 0.2) is 0 Å². The lowest BCUT2D eigenvalue weighted by molar-refractivity contribution is -0.135. The van der Waals surface area contributed by atoms with Crippen molar-refractivity contribution in [3.8, 4) is 0 Å². The van der Waals surface area contributed by atoms with E-state index in [4.69, 9.17) is 4.74 Å². The Kier molecular flexibility index (Phi) is 7.56. The summed E-state index contributed by atoms with van der Waals surface area (Å²) < 4.78 is 19.4. The molecule has 170 valence electrons. The van der Waals surface area contributed by atoms with Crippen LogP contribution >= 0.6 is 0 Å². The Bertz CT molecular complexity index is 764. The molecule has 1 saturated carbocycles. The van der Waals surface area contributed by atoms with Crippen LogP contribution in [0.15, 0.2) is 24.3 Å². The van der Waals surface area contributed by atoms with E-state index >= 15 is 0 Å². The van der Waals surface area contributed by atoms with E-state index in [1.165, 1.54) is 6.07 Å². The van der Waals surface area contributed by atoms with E-state index in [0.717, 1.165) is 71.4 Å². The fourth-order valence-electron chi connectivity index (χ4n) is 4.90. The normalized spacial score (nSPS) is 22.5. The third-order valence-corrected chi connectivity index (χ3v) is 6.76. The van der Waals surface area contributed by atoms with Crippen LogP contribution in [0.1, 0.15) is 44.1 Å². The van der Waals surface area contributed by atoms with Crippen molar-refractivity contribution in [3.05, 3.63) is 35.6 Å². The Balaban J connectivity index is 1.33. The van der Waals surface area contributed by atoms with Crippen molar-refractivity contribution < 1.29 is 18.7 Å². The molecule has 6 nitrogen and oxygen atoms in total. The lowest BCUT2D eigenvalue weighted by Gasteiger charge is -2.44. The molecular formula is C24H34FN3O3. The Hall–Kier alpha value is -1.99. The van der Waals surface area contributed by atoms with E-state index in [-0.39, 0.29) is 24.1 Å². The molecule has 2 amide bonds. The number of rotatable bonds is 8. The lowest BCUT2D eigenvalue weighted by Crippen LogP contribution is -2.55. The maximum Gasteiger partial charge on any atom is 0.225 e. The molecule has 1 atom stereocenters. The van der Waals surface area contributed by atoms with E-state index in [1.54, 1.807) is 18.2 Å². The second-order valence-corrected chi connectivity index (χ2v) is 9.05. The Morgan fingerprint density at radius 1 is 1.10 bits per heavy atom. The fraction of sp³-hybridized carbons (Fsp3) is 0.667. The van der Waals surface area contributed by atoms with Crippen LogP contribution in [0.5, 0.6) is 0 Å². The largest absolute Gasteiger partial charge is 0.381 e. The van der Waals surface area contributed by atoms with Gasteiger partial charge in [0.25, 0.3) is 0 Å². The minimum Gasteiger partial charge on any atom is -0.381 e. The number of hydrogen-bond donors (Lipinski definition) is 1. The summed E-state index contributed by atoms with van der Waals surface area (Å²) >= 11 is 0. The number of nitrogens with one attached hydrogen (secondary N) is 1. The van der Waals surface area contributed by atoms with Gasteiger partial charge in [-0.2, -0.15) is 0 Å². The maximum absolute atomic E-state index is 13.8. The summed E-state index contributed by atoms with van der Waals surface area (Å²) in [6.45, 7) is 4.45. The molecule has 3 aliphatic rings. The van der Waals surface area contributed by atoms with Crippen LogP contribution in [0.4, 0.5) is 4.39 Å². The van der Waals surface area contributed by atoms with Crippen LogP contribution in [0.2, 0.25) is 0 Å². The average molecular weight is 432 g/mol. The predicted octanol–water partition coefficient (Wildman–Crippen LogP) is 2.37. The van der Waals surface area contributed by atoms with Crippen molar-refractivity contribution in [1.82, 2.24) is 15.1 Å². The molecule has 0 spiro atoms. The van der Waals surface area contributed by atoms with Gasteiger partial charge in [-0.3, -0.25) is 14.5 Å². The number of carbonyl (C=O) groups excluding carboxylic acids is 2. The van der Waals surface area contributed by atoms with Gasteiger partial charge < -0.3 is 15.0 Å². The van der Waals surface area contributed by atoms with Gasteiger partial charge in [0, 0.05) is 57.4 Å². The standard InChI is InChI=1S/C24H34FN3O3/c25-22-6-2-1-4-19(22)16-23(29)26-11-13-28(20-9-14-31-15-10-20)21-5-3-12-27(17-21)24(30)18-7-8-18/h1-2,4,6,18,20-21H,3,5,7-17H2,(H,26,29). The first kappa shape index (κ1) is 22.2. The van der Waals surface area contributed by atoms with Gasteiger partial charge in [-0.1, -0.05) is 18.2 Å². The Morgan fingerprint density at radius 3 is 2.61 bits per heavy atom. The molecule has 1 aromatic carbocycles. The molecule has 0 bridgehead atoms. The maximum atomic E-state index is 13.8. The van der Waals surface area contributed by atoms with Crippen LogP contribution < -0.4 is 5.32 Å². The first-order valence-corrected chi connectivity index (χ1v) is 11.7. The fourth-order valence-corrected chi connectivity index (χ4v) is 4.90. The Labute approximate surface area is 184 Å². The van der Waals surface area contributed by atoms with Gasteiger partial charge in [-0.15, -0.1) is 0 Å². The summed E-state index contributed by atoms with van der Waals surface area (Å²) in [5.74, 6) is 0.0816. The molecule has 1 aliphatic carbocycles. The van der Waals surface area contributed by atoms with Crippen LogP contribution in [0.3, 0.4) is 0 Å². The third-order valence-electron chi connectivity index (χ3n) is 6.76. The number of hydrogen-bond acceptors (Lipinski definition) is 4. The smallest absolute Gasteiger partial charge is 0.225 e. The van der Waals surface area contributed by atoms with Crippen molar-refractivity contribution >= 4 is 11.8 Å². The average Bonchev–Trinajstić information content (AvgIpc) is 3.64. The molecular weight excluding hydrogens is 397 g/mol. The van der Waals surface area contributed by atoms with Gasteiger partial charge in [0.1, 0.15) is 5.82 Å². The summed E-state index contributed by atoms with van der Waals surface area (Å²) in [7, 11) is 0. The quantitative estimate of drug-likeness (QED) is 0.687. The highest BCUT2D eigenvalue weighted by Crippen LogP contribution is 2.32. The molecule has 2 heterocycles. The molecule has 0 radical (unpaired) electrons. The van der Waals surface area contributed by atoms with Gasteiger partial charge in [0.05, 0.1) is 6.42 Å². The highest BCUT2D eigenvalue weighted by molar-refractivity contribution is 5.81. The lowest BCUT2D eigenvalue weighted by atomic mass is 9.98. The van der Waals surface area contributed by atoms with Gasteiger partial charge >= 0.3 is 0 Å². The zero-order chi connectivity index (χ0) is 21.6. The molecule has 4 rings (SSSR count). The monoisotopic (exact) mass is 431 g/mol. The number of piperidine rings is 1. The number of halogens is 1. The summed E-state index contributed by atoms with van der Waals surface area (Å²) in [5.41, 5.74) is 0.419. The van der Waals surface area contributed by atoms with E-state index in [0.29, 0.717) is 30.1 Å². The molecule has 31 heavy (non-hydrogen) atoms. The summed E-state index contributed by atoms with van der Waals surface area (Å²) in [4.78, 5) is 29.5. The van der Waals surface area contributed by atoms with Gasteiger partial charge in [-0.25, -0.2) is 4.39 Å². The summed E-state index contributed by atoms with van der Waals surface area (Å²) in [5, 5.41) is 2.97. The van der Waals surface area contributed by atoms with E-state index in [1.807, 2.05) is 0 Å². The second-order valence-electron chi connectivity index (χ2n) is 9.05. The highest BCUT2D eigenvalue weighted by Gasteiger charge is 2.37. The van der Waals surface area contributed by atoms with Gasteiger partial charge in [-0.05, 0) is 50.2 Å². The minimum atomic E-state index is -0.343. The van der Waals surface area contributed by atoms with Crippen molar-refractivity contribution in [2.45, 2.75) is 57.0 Å². The van der Waals surface area contributed by atoms with Crippen LogP contribution in [-0.2, 0) is 20.7 Å². The molecule has 3 fully saturated rings. The molecule has 7 heteroatoms.